The molecule has 4 atom stereocenters. The minimum absolute atomic E-state index is 0.0568. The highest BCUT2D eigenvalue weighted by molar-refractivity contribution is 5.24. The van der Waals surface area contributed by atoms with E-state index < -0.39 is 0 Å². The summed E-state index contributed by atoms with van der Waals surface area (Å²) in [6.07, 6.45) is 9.08. The number of hydrogen-bond donors (Lipinski definition) is 1. The highest BCUT2D eigenvalue weighted by atomic mass is 19.1. The molecule has 2 heterocycles. The van der Waals surface area contributed by atoms with Gasteiger partial charge in [0.25, 0.3) is 0 Å². The smallest absolute Gasteiger partial charge is 0.156 e. The second-order valence-corrected chi connectivity index (χ2v) is 7.41. The zero-order chi connectivity index (χ0) is 17.9. The molecule has 1 saturated carbocycles. The van der Waals surface area contributed by atoms with E-state index in [4.69, 9.17) is 10.5 Å². The van der Waals surface area contributed by atoms with Crippen LogP contribution in [0.15, 0.2) is 43.0 Å². The van der Waals surface area contributed by atoms with Crippen LogP contribution in [-0.2, 0) is 0 Å². The number of halogens is 1. The van der Waals surface area contributed by atoms with E-state index in [1.807, 2.05) is 12.1 Å². The molecule has 1 aromatic carbocycles. The Morgan fingerprint density at radius 1 is 1.12 bits per heavy atom. The lowest BCUT2D eigenvalue weighted by Gasteiger charge is -2.37. The third-order valence-electron chi connectivity index (χ3n) is 5.60. The van der Waals surface area contributed by atoms with Crippen molar-refractivity contribution in [3.63, 3.8) is 0 Å². The molecule has 1 aliphatic heterocycles. The monoisotopic (exact) mass is 356 g/mol. The number of piperidine rings is 1. The van der Waals surface area contributed by atoms with Gasteiger partial charge in [-0.2, -0.15) is 0 Å². The van der Waals surface area contributed by atoms with Gasteiger partial charge >= 0.3 is 0 Å². The summed E-state index contributed by atoms with van der Waals surface area (Å²) in [5.41, 5.74) is 7.38. The molecule has 4 rings (SSSR count). The Hall–Kier alpha value is -2.05. The summed E-state index contributed by atoms with van der Waals surface area (Å²) in [4.78, 5) is 10.6. The molecule has 2 aliphatic rings. The van der Waals surface area contributed by atoms with Gasteiger partial charge in [-0.15, -0.1) is 0 Å². The molecule has 0 amide bonds. The molecule has 2 fully saturated rings. The van der Waals surface area contributed by atoms with Crippen molar-refractivity contribution >= 4 is 0 Å². The fraction of sp³-hybridized carbons (Fsp3) is 0.500. The predicted molar refractivity (Wildman–Crippen MR) is 97.4 cm³/mol. The summed E-state index contributed by atoms with van der Waals surface area (Å²) >= 11 is 0. The number of aromatic nitrogens is 2. The molecule has 138 valence electrons. The van der Waals surface area contributed by atoms with Gasteiger partial charge in [0, 0.05) is 18.6 Å². The van der Waals surface area contributed by atoms with Gasteiger partial charge in [0.05, 0.1) is 12.4 Å². The molecule has 0 spiro atoms. The van der Waals surface area contributed by atoms with Crippen LogP contribution in [0.1, 0.15) is 37.2 Å². The molecule has 2 aromatic rings. The number of benzene rings is 1. The van der Waals surface area contributed by atoms with Crippen molar-refractivity contribution in [2.24, 2.45) is 5.73 Å². The molecule has 1 saturated heterocycles. The number of hydrogen-bond acceptors (Lipinski definition) is 5. The van der Waals surface area contributed by atoms with Crippen molar-refractivity contribution in [2.75, 3.05) is 13.1 Å². The van der Waals surface area contributed by atoms with Crippen molar-refractivity contribution in [3.8, 4) is 5.75 Å². The van der Waals surface area contributed by atoms with Gasteiger partial charge in [-0.05, 0) is 55.8 Å². The Morgan fingerprint density at radius 3 is 2.62 bits per heavy atom. The van der Waals surface area contributed by atoms with Crippen molar-refractivity contribution in [1.82, 2.24) is 14.9 Å². The molecule has 4 unspecified atom stereocenters. The van der Waals surface area contributed by atoms with Gasteiger partial charge in [-0.3, -0.25) is 4.90 Å². The summed E-state index contributed by atoms with van der Waals surface area (Å²) < 4.78 is 19.6. The van der Waals surface area contributed by atoms with Crippen LogP contribution < -0.4 is 10.5 Å². The summed E-state index contributed by atoms with van der Waals surface area (Å²) in [6.45, 7) is 1.96. The highest BCUT2D eigenvalue weighted by Crippen LogP contribution is 2.39. The SMILES string of the molecule is NC1CCCN(C2CC(c3ccc(F)cc3)CC2Oc2cncnc2)C1. The van der Waals surface area contributed by atoms with Gasteiger partial charge in [-0.25, -0.2) is 14.4 Å². The lowest BCUT2D eigenvalue weighted by molar-refractivity contribution is 0.0677. The van der Waals surface area contributed by atoms with Gasteiger partial charge < -0.3 is 10.5 Å². The average molecular weight is 356 g/mol. The van der Waals surface area contributed by atoms with Crippen LogP contribution in [0.25, 0.3) is 0 Å². The third-order valence-corrected chi connectivity index (χ3v) is 5.60. The lowest BCUT2D eigenvalue weighted by Crippen LogP contribution is -2.51. The maximum atomic E-state index is 13.3. The topological polar surface area (TPSA) is 64.3 Å². The predicted octanol–water partition coefficient (Wildman–Crippen LogP) is 2.73. The second-order valence-electron chi connectivity index (χ2n) is 7.41. The van der Waals surface area contributed by atoms with E-state index in [9.17, 15) is 4.39 Å². The number of nitrogens with two attached hydrogens (primary N) is 1. The number of rotatable bonds is 4. The molecule has 2 N–H and O–H groups in total. The Balaban J connectivity index is 1.54. The van der Waals surface area contributed by atoms with Crippen LogP contribution in [0.4, 0.5) is 4.39 Å². The number of nitrogens with zero attached hydrogens (tertiary/aromatic N) is 3. The molecule has 1 aliphatic carbocycles. The standard InChI is InChI=1S/C20H25FN4O/c21-16-5-3-14(4-6-16)15-8-19(25-7-1-2-17(22)12-25)20(9-15)26-18-10-23-13-24-11-18/h3-6,10-11,13,15,17,19-20H,1-2,7-9,12,22H2. The maximum Gasteiger partial charge on any atom is 0.156 e. The van der Waals surface area contributed by atoms with Crippen LogP contribution in [0.2, 0.25) is 0 Å². The molecule has 5 nitrogen and oxygen atoms in total. The van der Waals surface area contributed by atoms with E-state index in [1.165, 1.54) is 11.9 Å². The zero-order valence-electron chi connectivity index (χ0n) is 14.8. The van der Waals surface area contributed by atoms with Crippen molar-refractivity contribution < 1.29 is 9.13 Å². The number of ether oxygens (including phenoxy) is 1. The van der Waals surface area contributed by atoms with Crippen molar-refractivity contribution in [1.29, 1.82) is 0 Å². The van der Waals surface area contributed by atoms with E-state index in [2.05, 4.69) is 14.9 Å². The largest absolute Gasteiger partial charge is 0.486 e. The fourth-order valence-corrected chi connectivity index (χ4v) is 4.36. The summed E-state index contributed by atoms with van der Waals surface area (Å²) in [7, 11) is 0. The molecule has 26 heavy (non-hydrogen) atoms. The first-order valence-corrected chi connectivity index (χ1v) is 9.36. The first kappa shape index (κ1) is 17.4. The summed E-state index contributed by atoms with van der Waals surface area (Å²) in [6, 6.07) is 7.41. The van der Waals surface area contributed by atoms with Crippen molar-refractivity contribution in [3.05, 3.63) is 54.4 Å². The number of likely N-dealkylation sites (tertiary alicyclic amines) is 1. The van der Waals surface area contributed by atoms with Crippen LogP contribution in [0.5, 0.6) is 5.75 Å². The molecular weight excluding hydrogens is 331 g/mol. The normalized spacial score (nSPS) is 29.6. The molecule has 6 heteroatoms. The van der Waals surface area contributed by atoms with Crippen LogP contribution in [0.3, 0.4) is 0 Å². The average Bonchev–Trinajstić information content (AvgIpc) is 3.07. The van der Waals surface area contributed by atoms with E-state index in [-0.39, 0.29) is 18.0 Å². The van der Waals surface area contributed by atoms with Gasteiger partial charge in [0.1, 0.15) is 18.2 Å². The minimum Gasteiger partial charge on any atom is -0.486 e. The lowest BCUT2D eigenvalue weighted by atomic mass is 9.97. The van der Waals surface area contributed by atoms with Crippen LogP contribution in [0, 0.1) is 5.82 Å². The fourth-order valence-electron chi connectivity index (χ4n) is 4.36. The Labute approximate surface area is 153 Å². The van der Waals surface area contributed by atoms with E-state index in [1.54, 1.807) is 24.5 Å². The molecule has 0 radical (unpaired) electrons. The minimum atomic E-state index is -0.195. The molecule has 0 bridgehead atoms. The first-order chi connectivity index (χ1) is 12.7. The maximum absolute atomic E-state index is 13.3. The van der Waals surface area contributed by atoms with Gasteiger partial charge in [-0.1, -0.05) is 12.1 Å². The first-order valence-electron chi connectivity index (χ1n) is 9.36. The molecular formula is C20H25FN4O. The Kier molecular flexibility index (Phi) is 5.13. The van der Waals surface area contributed by atoms with E-state index >= 15 is 0 Å². The second kappa shape index (κ2) is 7.68. The molecule has 1 aromatic heterocycles. The highest BCUT2D eigenvalue weighted by Gasteiger charge is 2.41. The quantitative estimate of drug-likeness (QED) is 0.913. The van der Waals surface area contributed by atoms with Crippen molar-refractivity contribution in [2.45, 2.75) is 49.8 Å². The Bertz CT molecular complexity index is 712. The van der Waals surface area contributed by atoms with Crippen LogP contribution in [-0.4, -0.2) is 46.1 Å². The Morgan fingerprint density at radius 2 is 1.88 bits per heavy atom. The van der Waals surface area contributed by atoms with Gasteiger partial charge in [0.15, 0.2) is 5.75 Å². The van der Waals surface area contributed by atoms with E-state index in [0.717, 1.165) is 38.8 Å². The third kappa shape index (κ3) is 3.86. The van der Waals surface area contributed by atoms with Gasteiger partial charge in [0.2, 0.25) is 0 Å². The summed E-state index contributed by atoms with van der Waals surface area (Å²) in [5.74, 6) is 0.858. The summed E-state index contributed by atoms with van der Waals surface area (Å²) in [5, 5.41) is 0. The van der Waals surface area contributed by atoms with E-state index in [0.29, 0.717) is 17.7 Å². The zero-order valence-corrected chi connectivity index (χ0v) is 14.8. The van der Waals surface area contributed by atoms with Crippen LogP contribution >= 0.6 is 0 Å².